The molecule has 0 bridgehead atoms. The highest BCUT2D eigenvalue weighted by atomic mass is 16.5. The highest BCUT2D eigenvalue weighted by Crippen LogP contribution is 2.41. The summed E-state index contributed by atoms with van der Waals surface area (Å²) in [6.07, 6.45) is 5.19. The quantitative estimate of drug-likeness (QED) is 0.886. The number of methoxy groups -OCH3 is 2. The summed E-state index contributed by atoms with van der Waals surface area (Å²) in [7, 11) is 3.23. The lowest BCUT2D eigenvalue weighted by atomic mass is 9.87. The van der Waals surface area contributed by atoms with Crippen LogP contribution >= 0.6 is 0 Å². The van der Waals surface area contributed by atoms with Gasteiger partial charge in [-0.2, -0.15) is 4.99 Å². The molecule has 1 fully saturated rings. The van der Waals surface area contributed by atoms with Gasteiger partial charge in [0, 0.05) is 6.07 Å². The van der Waals surface area contributed by atoms with Gasteiger partial charge in [-0.3, -0.25) is 4.90 Å². The molecule has 124 valence electrons. The molecule has 1 saturated carbocycles. The molecule has 1 aliphatic carbocycles. The number of benzene rings is 1. The van der Waals surface area contributed by atoms with Gasteiger partial charge in [0.2, 0.25) is 11.9 Å². The third kappa shape index (κ3) is 2.67. The molecule has 7 heteroatoms. The number of nitrogens with zero attached hydrogens (tertiary/aromatic N) is 3. The van der Waals surface area contributed by atoms with E-state index in [-0.39, 0.29) is 5.96 Å². The van der Waals surface area contributed by atoms with Crippen molar-refractivity contribution in [1.29, 1.82) is 0 Å². The lowest BCUT2D eigenvalue weighted by Crippen LogP contribution is -2.58. The smallest absolute Gasteiger partial charge is 0.220 e. The molecule has 1 aromatic carbocycles. The van der Waals surface area contributed by atoms with Crippen LogP contribution in [0.3, 0.4) is 0 Å². The fourth-order valence-corrected chi connectivity index (χ4v) is 3.46. The van der Waals surface area contributed by atoms with Gasteiger partial charge in [-0.1, -0.05) is 6.42 Å². The van der Waals surface area contributed by atoms with Gasteiger partial charge in [-0.05, 0) is 37.8 Å². The van der Waals surface area contributed by atoms with Gasteiger partial charge in [0.05, 0.1) is 19.9 Å². The number of hydrogen-bond donors (Lipinski definition) is 2. The van der Waals surface area contributed by atoms with E-state index in [2.05, 4.69) is 9.98 Å². The largest absolute Gasteiger partial charge is 0.493 e. The van der Waals surface area contributed by atoms with Gasteiger partial charge in [0.1, 0.15) is 5.66 Å². The molecule has 0 saturated heterocycles. The van der Waals surface area contributed by atoms with Crippen LogP contribution in [0.25, 0.3) is 0 Å². The Labute approximate surface area is 136 Å². The van der Waals surface area contributed by atoms with E-state index in [1.54, 1.807) is 14.2 Å². The topological polar surface area (TPSA) is 98.5 Å². The van der Waals surface area contributed by atoms with Crippen molar-refractivity contribution in [2.45, 2.75) is 37.8 Å². The van der Waals surface area contributed by atoms with Crippen LogP contribution in [0.15, 0.2) is 28.2 Å². The third-order valence-corrected chi connectivity index (χ3v) is 4.48. The summed E-state index contributed by atoms with van der Waals surface area (Å²) in [6.45, 7) is 0. The Morgan fingerprint density at radius 1 is 1.04 bits per heavy atom. The van der Waals surface area contributed by atoms with Crippen molar-refractivity contribution < 1.29 is 9.47 Å². The second-order valence-electron chi connectivity index (χ2n) is 5.86. The monoisotopic (exact) mass is 317 g/mol. The first-order valence-corrected chi connectivity index (χ1v) is 7.81. The minimum atomic E-state index is -0.451. The number of guanidine groups is 2. The molecule has 23 heavy (non-hydrogen) atoms. The van der Waals surface area contributed by atoms with Gasteiger partial charge < -0.3 is 20.9 Å². The van der Waals surface area contributed by atoms with Gasteiger partial charge in [-0.15, -0.1) is 0 Å². The van der Waals surface area contributed by atoms with Crippen LogP contribution in [0.1, 0.15) is 32.1 Å². The zero-order valence-electron chi connectivity index (χ0n) is 13.6. The van der Waals surface area contributed by atoms with Crippen molar-refractivity contribution in [3.63, 3.8) is 0 Å². The molecule has 0 unspecified atom stereocenters. The zero-order chi connectivity index (χ0) is 16.4. The van der Waals surface area contributed by atoms with E-state index in [4.69, 9.17) is 20.9 Å². The Kier molecular flexibility index (Phi) is 4.02. The van der Waals surface area contributed by atoms with Crippen LogP contribution in [-0.2, 0) is 0 Å². The molecular formula is C16H23N5O2. The van der Waals surface area contributed by atoms with Crippen LogP contribution in [0.2, 0.25) is 0 Å². The molecule has 2 aliphatic rings. The van der Waals surface area contributed by atoms with Crippen molar-refractivity contribution >= 4 is 17.6 Å². The molecular weight excluding hydrogens is 294 g/mol. The maximum atomic E-state index is 6.21. The molecule has 1 spiro atoms. The molecule has 0 amide bonds. The molecule has 1 aliphatic heterocycles. The van der Waals surface area contributed by atoms with Crippen molar-refractivity contribution in [2.75, 3.05) is 19.1 Å². The number of aliphatic imine (C=N–C) groups is 2. The number of rotatable bonds is 3. The normalized spacial score (nSPS) is 20.0. The molecule has 1 heterocycles. The summed E-state index contributed by atoms with van der Waals surface area (Å²) in [5.74, 6) is 1.93. The molecule has 1 aromatic rings. The molecule has 7 nitrogen and oxygen atoms in total. The summed E-state index contributed by atoms with van der Waals surface area (Å²) in [6, 6.07) is 5.70. The number of ether oxygens (including phenoxy) is 2. The molecule has 0 radical (unpaired) electrons. The second kappa shape index (κ2) is 5.98. The van der Waals surface area contributed by atoms with E-state index in [1.807, 2.05) is 23.1 Å². The molecule has 0 atom stereocenters. The Bertz CT molecular complexity index is 650. The summed E-state index contributed by atoms with van der Waals surface area (Å²) in [5.41, 5.74) is 12.5. The van der Waals surface area contributed by atoms with Crippen molar-refractivity contribution in [1.82, 2.24) is 0 Å². The molecule has 0 aromatic heterocycles. The minimum Gasteiger partial charge on any atom is -0.493 e. The van der Waals surface area contributed by atoms with Gasteiger partial charge in [0.15, 0.2) is 11.5 Å². The van der Waals surface area contributed by atoms with Crippen molar-refractivity contribution in [3.8, 4) is 11.5 Å². The Morgan fingerprint density at radius 2 is 1.74 bits per heavy atom. The predicted octanol–water partition coefficient (Wildman–Crippen LogP) is 1.81. The van der Waals surface area contributed by atoms with E-state index >= 15 is 0 Å². The number of anilines is 1. The molecule has 4 N–H and O–H groups in total. The summed E-state index contributed by atoms with van der Waals surface area (Å²) in [5, 5.41) is 0. The van der Waals surface area contributed by atoms with E-state index in [1.165, 1.54) is 6.42 Å². The minimum absolute atomic E-state index is 0.251. The maximum absolute atomic E-state index is 6.21. The summed E-state index contributed by atoms with van der Waals surface area (Å²) >= 11 is 0. The lowest BCUT2D eigenvalue weighted by molar-refractivity contribution is 0.305. The van der Waals surface area contributed by atoms with Crippen LogP contribution in [0.5, 0.6) is 11.5 Å². The Balaban J connectivity index is 2.06. The first-order valence-electron chi connectivity index (χ1n) is 7.81. The van der Waals surface area contributed by atoms with Gasteiger partial charge >= 0.3 is 0 Å². The van der Waals surface area contributed by atoms with E-state index in [0.29, 0.717) is 17.5 Å². The van der Waals surface area contributed by atoms with Gasteiger partial charge in [-0.25, -0.2) is 4.99 Å². The fraction of sp³-hybridized carbons (Fsp3) is 0.500. The van der Waals surface area contributed by atoms with Crippen molar-refractivity contribution in [3.05, 3.63) is 18.2 Å². The van der Waals surface area contributed by atoms with E-state index in [0.717, 1.165) is 31.4 Å². The first-order chi connectivity index (χ1) is 11.1. The van der Waals surface area contributed by atoms with Gasteiger partial charge in [0.25, 0.3) is 0 Å². The summed E-state index contributed by atoms with van der Waals surface area (Å²) in [4.78, 5) is 10.8. The van der Waals surface area contributed by atoms with E-state index in [9.17, 15) is 0 Å². The Morgan fingerprint density at radius 3 is 2.39 bits per heavy atom. The SMILES string of the molecule is COc1ccc(N2C(N)=NC(N)=NC23CCCCC3)cc1OC. The average Bonchev–Trinajstić information content (AvgIpc) is 2.54. The zero-order valence-corrected chi connectivity index (χ0v) is 13.6. The third-order valence-electron chi connectivity index (χ3n) is 4.48. The molecule has 3 rings (SSSR count). The van der Waals surface area contributed by atoms with Crippen LogP contribution < -0.4 is 25.8 Å². The van der Waals surface area contributed by atoms with Crippen LogP contribution in [-0.4, -0.2) is 31.8 Å². The first kappa shape index (κ1) is 15.5. The average molecular weight is 317 g/mol. The van der Waals surface area contributed by atoms with Crippen LogP contribution in [0.4, 0.5) is 5.69 Å². The van der Waals surface area contributed by atoms with E-state index < -0.39 is 5.66 Å². The fourth-order valence-electron chi connectivity index (χ4n) is 3.46. The lowest BCUT2D eigenvalue weighted by Gasteiger charge is -2.45. The number of nitrogens with two attached hydrogens (primary N) is 2. The Hall–Kier alpha value is -2.44. The second-order valence-corrected chi connectivity index (χ2v) is 5.86. The highest BCUT2D eigenvalue weighted by Gasteiger charge is 2.42. The van der Waals surface area contributed by atoms with Crippen LogP contribution in [0, 0.1) is 0 Å². The van der Waals surface area contributed by atoms with Crippen molar-refractivity contribution in [2.24, 2.45) is 21.5 Å². The standard InChI is InChI=1S/C16H23N5O2/c1-22-12-7-6-11(10-13(12)23-2)21-15(18)19-14(17)20-16(21)8-4-3-5-9-16/h6-7,10H,3-5,8-9H2,1-2H3,(H4,17,18,19,20). The summed E-state index contributed by atoms with van der Waals surface area (Å²) < 4.78 is 10.7. The predicted molar refractivity (Wildman–Crippen MR) is 91.1 cm³/mol. The maximum Gasteiger partial charge on any atom is 0.220 e. The highest BCUT2D eigenvalue weighted by molar-refractivity contribution is 6.05. The number of hydrogen-bond acceptors (Lipinski definition) is 7.